The quantitative estimate of drug-likeness (QED) is 0.597. The van der Waals surface area contributed by atoms with Gasteiger partial charge in [-0.25, -0.2) is 0 Å². The Hall–Kier alpha value is -0.687. The Kier molecular flexibility index (Phi) is 7.12. The SMILES string of the molecule is O=C(O)c1[c-]cccc1.[CH3-].[Rh+2]. The first kappa shape index (κ1) is 12.9. The standard InChI is InChI=1S/C7H5O2.CH3.Rh/c8-7(9)6-4-2-1-3-5-6;;/h1-4H,(H,8,9);1H3;/q2*-1;+2. The molecule has 0 aliphatic heterocycles. The van der Waals surface area contributed by atoms with Crippen LogP contribution in [0.25, 0.3) is 0 Å². The van der Waals surface area contributed by atoms with E-state index in [2.05, 4.69) is 6.07 Å². The summed E-state index contributed by atoms with van der Waals surface area (Å²) in [6.45, 7) is 0. The largest absolute Gasteiger partial charge is 2.00 e. The van der Waals surface area contributed by atoms with Crippen LogP contribution in [0, 0.1) is 13.5 Å². The van der Waals surface area contributed by atoms with Crippen molar-refractivity contribution >= 4 is 5.97 Å². The molecule has 2 nitrogen and oxygen atoms in total. The summed E-state index contributed by atoms with van der Waals surface area (Å²) in [5.41, 5.74) is 0.206. The van der Waals surface area contributed by atoms with Crippen molar-refractivity contribution < 1.29 is 29.4 Å². The second-order valence-corrected chi connectivity index (χ2v) is 1.58. The molecule has 1 aromatic rings. The van der Waals surface area contributed by atoms with E-state index in [1.54, 1.807) is 18.2 Å². The maximum atomic E-state index is 10.2. The fourth-order valence-electron chi connectivity index (χ4n) is 0.526. The first-order chi connectivity index (χ1) is 4.30. The number of benzene rings is 1. The molecular weight excluding hydrogens is 231 g/mol. The fraction of sp³-hybridized carbons (Fsp3) is 0. The molecule has 0 spiro atoms. The van der Waals surface area contributed by atoms with Gasteiger partial charge >= 0.3 is 19.5 Å². The van der Waals surface area contributed by atoms with Crippen molar-refractivity contribution in [3.8, 4) is 0 Å². The third kappa shape index (κ3) is 3.89. The van der Waals surface area contributed by atoms with Crippen molar-refractivity contribution in [2.75, 3.05) is 0 Å². The van der Waals surface area contributed by atoms with Crippen LogP contribution in [0.15, 0.2) is 24.3 Å². The smallest absolute Gasteiger partial charge is 0.521 e. The van der Waals surface area contributed by atoms with E-state index in [1.165, 1.54) is 6.07 Å². The Balaban J connectivity index is 0. The minimum Gasteiger partial charge on any atom is -0.521 e. The molecule has 1 radical (unpaired) electrons. The van der Waals surface area contributed by atoms with Gasteiger partial charge in [-0.05, 0) is 0 Å². The van der Waals surface area contributed by atoms with Crippen LogP contribution in [0.2, 0.25) is 0 Å². The normalized spacial score (nSPS) is 7.27. The van der Waals surface area contributed by atoms with Crippen molar-refractivity contribution in [2.45, 2.75) is 0 Å². The monoisotopic (exact) mass is 239 g/mol. The van der Waals surface area contributed by atoms with Gasteiger partial charge in [-0.3, -0.25) is 0 Å². The molecule has 0 aliphatic rings. The molecule has 0 unspecified atom stereocenters. The van der Waals surface area contributed by atoms with Crippen molar-refractivity contribution in [1.29, 1.82) is 0 Å². The molecule has 0 heterocycles. The summed E-state index contributed by atoms with van der Waals surface area (Å²) in [6.07, 6.45) is 0. The molecule has 1 rings (SSSR count). The van der Waals surface area contributed by atoms with Crippen LogP contribution >= 0.6 is 0 Å². The van der Waals surface area contributed by atoms with Gasteiger partial charge in [-0.15, -0.1) is 30.3 Å². The van der Waals surface area contributed by atoms with Crippen LogP contribution < -0.4 is 0 Å². The minimum absolute atomic E-state index is 0. The van der Waals surface area contributed by atoms with Crippen molar-refractivity contribution in [1.82, 2.24) is 0 Å². The van der Waals surface area contributed by atoms with Gasteiger partial charge in [-0.2, -0.15) is 0 Å². The maximum Gasteiger partial charge on any atom is 2.00 e. The molecule has 0 aliphatic carbocycles. The molecule has 0 saturated carbocycles. The molecular formula is C8H8O2Rh. The molecule has 0 saturated heterocycles. The van der Waals surface area contributed by atoms with Gasteiger partial charge in [-0.1, -0.05) is 5.56 Å². The van der Waals surface area contributed by atoms with Crippen LogP contribution in [-0.2, 0) is 19.5 Å². The summed E-state index contributed by atoms with van der Waals surface area (Å²) in [6, 6.07) is 9.04. The molecule has 61 valence electrons. The van der Waals surface area contributed by atoms with Gasteiger partial charge in [0.2, 0.25) is 5.97 Å². The molecule has 11 heavy (non-hydrogen) atoms. The zero-order chi connectivity index (χ0) is 6.69. The van der Waals surface area contributed by atoms with Crippen molar-refractivity contribution in [3.63, 3.8) is 0 Å². The molecule has 0 fully saturated rings. The van der Waals surface area contributed by atoms with Crippen LogP contribution in [0.3, 0.4) is 0 Å². The number of rotatable bonds is 1. The second-order valence-electron chi connectivity index (χ2n) is 1.58. The van der Waals surface area contributed by atoms with Crippen LogP contribution in [-0.4, -0.2) is 11.1 Å². The predicted molar refractivity (Wildman–Crippen MR) is 38.7 cm³/mol. The summed E-state index contributed by atoms with van der Waals surface area (Å²) in [4.78, 5) is 10.2. The minimum atomic E-state index is -0.935. The van der Waals surface area contributed by atoms with Crippen molar-refractivity contribution in [2.24, 2.45) is 0 Å². The third-order valence-corrected chi connectivity index (χ3v) is 0.939. The number of carbonyl (C=O) groups is 1. The van der Waals surface area contributed by atoms with E-state index in [-0.39, 0.29) is 32.5 Å². The van der Waals surface area contributed by atoms with E-state index >= 15 is 0 Å². The molecule has 0 atom stereocenters. The third-order valence-electron chi connectivity index (χ3n) is 0.939. The van der Waals surface area contributed by atoms with Gasteiger partial charge < -0.3 is 17.3 Å². The first-order valence-corrected chi connectivity index (χ1v) is 2.51. The number of aromatic carboxylic acids is 1. The zero-order valence-corrected chi connectivity index (χ0v) is 7.64. The van der Waals surface area contributed by atoms with E-state index in [4.69, 9.17) is 5.11 Å². The van der Waals surface area contributed by atoms with Gasteiger partial charge in [0.25, 0.3) is 0 Å². The zero-order valence-electron chi connectivity index (χ0n) is 6.00. The summed E-state index contributed by atoms with van der Waals surface area (Å²) >= 11 is 0. The van der Waals surface area contributed by atoms with E-state index in [1.807, 2.05) is 0 Å². The Bertz CT molecular complexity index is 209. The van der Waals surface area contributed by atoms with Crippen LogP contribution in [0.5, 0.6) is 0 Å². The second kappa shape index (κ2) is 6.05. The fourth-order valence-corrected chi connectivity index (χ4v) is 0.526. The Morgan fingerprint density at radius 1 is 1.45 bits per heavy atom. The maximum absolute atomic E-state index is 10.2. The first-order valence-electron chi connectivity index (χ1n) is 2.51. The summed E-state index contributed by atoms with van der Waals surface area (Å²) in [7, 11) is 0. The van der Waals surface area contributed by atoms with E-state index in [9.17, 15) is 4.79 Å². The van der Waals surface area contributed by atoms with Crippen LogP contribution in [0.4, 0.5) is 0 Å². The van der Waals surface area contributed by atoms with Gasteiger partial charge in [0.15, 0.2) is 0 Å². The van der Waals surface area contributed by atoms with E-state index < -0.39 is 5.97 Å². The Morgan fingerprint density at radius 3 is 2.36 bits per heavy atom. The predicted octanol–water partition coefficient (Wildman–Crippen LogP) is 1.63. The number of carboxylic acid groups (broad SMARTS) is 1. The van der Waals surface area contributed by atoms with Crippen LogP contribution in [0.1, 0.15) is 10.4 Å². The average molecular weight is 239 g/mol. The van der Waals surface area contributed by atoms with Gasteiger partial charge in [0, 0.05) is 0 Å². The summed E-state index contributed by atoms with van der Waals surface area (Å²) in [5.74, 6) is -0.935. The number of carboxylic acids is 1. The molecule has 0 bridgehead atoms. The molecule has 1 aromatic carbocycles. The van der Waals surface area contributed by atoms with Crippen molar-refractivity contribution in [3.05, 3.63) is 43.3 Å². The molecule has 0 amide bonds. The molecule has 3 heteroatoms. The average Bonchev–Trinajstić information content (AvgIpc) is 1.90. The summed E-state index contributed by atoms with van der Waals surface area (Å²) in [5, 5.41) is 8.35. The van der Waals surface area contributed by atoms with E-state index in [0.717, 1.165) is 0 Å². The topological polar surface area (TPSA) is 37.3 Å². The molecule has 1 N–H and O–H groups in total. The Labute approximate surface area is 79.0 Å². The van der Waals surface area contributed by atoms with E-state index in [0.29, 0.717) is 0 Å². The number of hydrogen-bond acceptors (Lipinski definition) is 1. The summed E-state index contributed by atoms with van der Waals surface area (Å²) < 4.78 is 0. The Morgan fingerprint density at radius 2 is 2.09 bits per heavy atom. The van der Waals surface area contributed by atoms with Gasteiger partial charge in [0.1, 0.15) is 0 Å². The number of hydrogen-bond donors (Lipinski definition) is 1. The van der Waals surface area contributed by atoms with Gasteiger partial charge in [0.05, 0.1) is 0 Å². The molecule has 0 aromatic heterocycles.